The van der Waals surface area contributed by atoms with Crippen LogP contribution in [0.4, 0.5) is 5.69 Å². The molecule has 1 amide bonds. The second kappa shape index (κ2) is 7.98. The SMILES string of the molecule is N#Cc1ccc(NC(=O)C2CCCN2S(=O)(=O)c2ccc(Br)cc2)cc1Cl. The van der Waals surface area contributed by atoms with Crippen LogP contribution < -0.4 is 5.32 Å². The molecule has 1 aliphatic heterocycles. The van der Waals surface area contributed by atoms with Gasteiger partial charge in [-0.1, -0.05) is 27.5 Å². The van der Waals surface area contributed by atoms with E-state index < -0.39 is 22.0 Å². The Morgan fingerprint density at radius 1 is 1.26 bits per heavy atom. The van der Waals surface area contributed by atoms with Gasteiger partial charge in [-0.3, -0.25) is 4.79 Å². The molecule has 27 heavy (non-hydrogen) atoms. The van der Waals surface area contributed by atoms with E-state index in [0.717, 1.165) is 4.47 Å². The van der Waals surface area contributed by atoms with Crippen LogP contribution in [0.25, 0.3) is 0 Å². The molecule has 0 aliphatic carbocycles. The van der Waals surface area contributed by atoms with Crippen LogP contribution in [0.2, 0.25) is 5.02 Å². The predicted molar refractivity (Wildman–Crippen MR) is 106 cm³/mol. The summed E-state index contributed by atoms with van der Waals surface area (Å²) in [5.41, 5.74) is 0.715. The molecule has 2 aromatic rings. The van der Waals surface area contributed by atoms with E-state index in [1.807, 2.05) is 6.07 Å². The van der Waals surface area contributed by atoms with Crippen LogP contribution >= 0.6 is 27.5 Å². The normalized spacial score (nSPS) is 17.4. The van der Waals surface area contributed by atoms with Gasteiger partial charge in [-0.05, 0) is 55.3 Å². The number of halogens is 2. The number of nitrogens with zero attached hydrogens (tertiary/aromatic N) is 2. The van der Waals surface area contributed by atoms with E-state index >= 15 is 0 Å². The van der Waals surface area contributed by atoms with Gasteiger partial charge in [0.05, 0.1) is 15.5 Å². The van der Waals surface area contributed by atoms with Crippen molar-refractivity contribution >= 4 is 49.1 Å². The Morgan fingerprint density at radius 2 is 1.96 bits per heavy atom. The predicted octanol–water partition coefficient (Wildman–Crippen LogP) is 3.77. The second-order valence-electron chi connectivity index (χ2n) is 6.02. The molecule has 1 unspecified atom stereocenters. The van der Waals surface area contributed by atoms with Gasteiger partial charge in [-0.25, -0.2) is 8.42 Å². The summed E-state index contributed by atoms with van der Waals surface area (Å²) in [5, 5.41) is 11.8. The summed E-state index contributed by atoms with van der Waals surface area (Å²) in [7, 11) is -3.78. The monoisotopic (exact) mass is 467 g/mol. The Balaban J connectivity index is 1.81. The van der Waals surface area contributed by atoms with E-state index in [9.17, 15) is 13.2 Å². The second-order valence-corrected chi connectivity index (χ2v) is 9.24. The van der Waals surface area contributed by atoms with Crippen molar-refractivity contribution in [3.8, 4) is 6.07 Å². The fraction of sp³-hybridized carbons (Fsp3) is 0.222. The number of benzene rings is 2. The summed E-state index contributed by atoms with van der Waals surface area (Å²) >= 11 is 9.26. The van der Waals surface area contributed by atoms with Crippen LogP contribution in [0.1, 0.15) is 18.4 Å². The quantitative estimate of drug-likeness (QED) is 0.739. The summed E-state index contributed by atoms with van der Waals surface area (Å²) < 4.78 is 27.9. The van der Waals surface area contributed by atoms with E-state index in [0.29, 0.717) is 24.1 Å². The van der Waals surface area contributed by atoms with Crippen molar-refractivity contribution in [1.82, 2.24) is 4.31 Å². The highest BCUT2D eigenvalue weighted by Gasteiger charge is 2.39. The molecule has 0 aromatic heterocycles. The van der Waals surface area contributed by atoms with Gasteiger partial charge in [-0.2, -0.15) is 9.57 Å². The van der Waals surface area contributed by atoms with Crippen molar-refractivity contribution in [1.29, 1.82) is 5.26 Å². The zero-order chi connectivity index (χ0) is 19.6. The lowest BCUT2D eigenvalue weighted by molar-refractivity contribution is -0.119. The van der Waals surface area contributed by atoms with E-state index in [4.69, 9.17) is 16.9 Å². The summed E-state index contributed by atoms with van der Waals surface area (Å²) in [6.45, 7) is 0.282. The Kier molecular flexibility index (Phi) is 5.86. The summed E-state index contributed by atoms with van der Waals surface area (Å²) in [6, 6.07) is 12.0. The van der Waals surface area contributed by atoms with E-state index in [2.05, 4.69) is 21.2 Å². The third kappa shape index (κ3) is 4.17. The number of anilines is 1. The fourth-order valence-electron chi connectivity index (χ4n) is 2.94. The number of sulfonamides is 1. The van der Waals surface area contributed by atoms with Gasteiger partial charge in [0.15, 0.2) is 0 Å². The van der Waals surface area contributed by atoms with Gasteiger partial charge in [0, 0.05) is 16.7 Å². The standard InChI is InChI=1S/C18H15BrClN3O3S/c19-13-4-7-15(8-5-13)27(25,26)23-9-1-2-17(23)18(24)22-14-6-3-12(11-21)16(20)10-14/h3-8,10,17H,1-2,9H2,(H,22,24). The largest absolute Gasteiger partial charge is 0.325 e. The van der Waals surface area contributed by atoms with Crippen molar-refractivity contribution in [3.63, 3.8) is 0 Å². The number of nitrogens with one attached hydrogen (secondary N) is 1. The molecule has 0 radical (unpaired) electrons. The minimum absolute atomic E-state index is 0.145. The number of amides is 1. The maximum atomic E-state index is 12.9. The number of hydrogen-bond acceptors (Lipinski definition) is 4. The van der Waals surface area contributed by atoms with Gasteiger partial charge in [-0.15, -0.1) is 0 Å². The van der Waals surface area contributed by atoms with Gasteiger partial charge < -0.3 is 5.32 Å². The maximum absolute atomic E-state index is 12.9. The molecule has 140 valence electrons. The van der Waals surface area contributed by atoms with Crippen LogP contribution in [0.3, 0.4) is 0 Å². The molecule has 1 aliphatic rings. The molecule has 1 fully saturated rings. The average Bonchev–Trinajstić information content (AvgIpc) is 3.13. The Hall–Kier alpha value is -1.92. The molecule has 2 aromatic carbocycles. The highest BCUT2D eigenvalue weighted by molar-refractivity contribution is 9.10. The maximum Gasteiger partial charge on any atom is 0.243 e. The van der Waals surface area contributed by atoms with Crippen LogP contribution in [0, 0.1) is 11.3 Å². The zero-order valence-electron chi connectivity index (χ0n) is 14.0. The van der Waals surface area contributed by atoms with Crippen molar-refractivity contribution < 1.29 is 13.2 Å². The van der Waals surface area contributed by atoms with Crippen LogP contribution in [0.5, 0.6) is 0 Å². The molecular formula is C18H15BrClN3O3S. The summed E-state index contributed by atoms with van der Waals surface area (Å²) in [5.74, 6) is -0.422. The van der Waals surface area contributed by atoms with E-state index in [1.54, 1.807) is 18.2 Å². The number of nitriles is 1. The lowest BCUT2D eigenvalue weighted by Gasteiger charge is -2.23. The first-order valence-electron chi connectivity index (χ1n) is 8.11. The van der Waals surface area contributed by atoms with Gasteiger partial charge in [0.2, 0.25) is 15.9 Å². The van der Waals surface area contributed by atoms with Crippen molar-refractivity contribution in [2.75, 3.05) is 11.9 Å². The molecule has 3 rings (SSSR count). The minimum Gasteiger partial charge on any atom is -0.325 e. The Bertz CT molecular complexity index is 1020. The molecule has 6 nitrogen and oxygen atoms in total. The Morgan fingerprint density at radius 3 is 2.59 bits per heavy atom. The van der Waals surface area contributed by atoms with Crippen molar-refractivity contribution in [3.05, 3.63) is 57.5 Å². The van der Waals surface area contributed by atoms with E-state index in [1.165, 1.54) is 28.6 Å². The molecule has 9 heteroatoms. The first-order chi connectivity index (χ1) is 12.8. The zero-order valence-corrected chi connectivity index (χ0v) is 17.2. The van der Waals surface area contributed by atoms with E-state index in [-0.39, 0.29) is 16.5 Å². The average molecular weight is 469 g/mol. The van der Waals surface area contributed by atoms with Gasteiger partial charge in [0.1, 0.15) is 12.1 Å². The van der Waals surface area contributed by atoms with Crippen LogP contribution in [-0.2, 0) is 14.8 Å². The fourth-order valence-corrected chi connectivity index (χ4v) is 5.08. The molecule has 1 heterocycles. The highest BCUT2D eigenvalue weighted by Crippen LogP contribution is 2.28. The number of hydrogen-bond donors (Lipinski definition) is 1. The molecule has 1 saturated heterocycles. The first-order valence-corrected chi connectivity index (χ1v) is 10.7. The molecule has 0 spiro atoms. The van der Waals surface area contributed by atoms with Gasteiger partial charge in [0.25, 0.3) is 0 Å². The lowest BCUT2D eigenvalue weighted by Crippen LogP contribution is -2.43. The van der Waals surface area contributed by atoms with Crippen LogP contribution in [-0.4, -0.2) is 31.2 Å². The number of carbonyl (C=O) groups excluding carboxylic acids is 1. The third-order valence-electron chi connectivity index (χ3n) is 4.28. The summed E-state index contributed by atoms with van der Waals surface area (Å²) in [4.78, 5) is 12.8. The third-order valence-corrected chi connectivity index (χ3v) is 7.05. The molecule has 0 saturated carbocycles. The summed E-state index contributed by atoms with van der Waals surface area (Å²) in [6.07, 6.45) is 1.04. The lowest BCUT2D eigenvalue weighted by atomic mass is 10.2. The first kappa shape index (κ1) is 19.8. The van der Waals surface area contributed by atoms with Gasteiger partial charge >= 0.3 is 0 Å². The number of carbonyl (C=O) groups is 1. The molecule has 1 N–H and O–H groups in total. The molecular weight excluding hydrogens is 454 g/mol. The topological polar surface area (TPSA) is 90.3 Å². The Labute approximate surface area is 170 Å². The smallest absolute Gasteiger partial charge is 0.243 e. The molecule has 1 atom stereocenters. The highest BCUT2D eigenvalue weighted by atomic mass is 79.9. The van der Waals surface area contributed by atoms with Crippen molar-refractivity contribution in [2.24, 2.45) is 0 Å². The van der Waals surface area contributed by atoms with Crippen LogP contribution in [0.15, 0.2) is 51.8 Å². The molecule has 0 bridgehead atoms. The number of rotatable bonds is 4. The minimum atomic E-state index is -3.78. The van der Waals surface area contributed by atoms with Crippen molar-refractivity contribution in [2.45, 2.75) is 23.8 Å².